The molecule has 1 aliphatic heterocycles. The van der Waals surface area contributed by atoms with Crippen molar-refractivity contribution in [2.75, 3.05) is 19.6 Å². The van der Waals surface area contributed by atoms with Crippen molar-refractivity contribution in [1.82, 2.24) is 4.90 Å². The average molecular weight is 156 g/mol. The van der Waals surface area contributed by atoms with Crippen LogP contribution in [0.1, 0.15) is 27.2 Å². The number of nitrogens with two attached hydrogens (primary N) is 1. The van der Waals surface area contributed by atoms with Crippen molar-refractivity contribution in [2.45, 2.75) is 33.2 Å². The van der Waals surface area contributed by atoms with E-state index in [0.29, 0.717) is 11.5 Å². The minimum Gasteiger partial charge on any atom is -0.327 e. The summed E-state index contributed by atoms with van der Waals surface area (Å²) in [6.45, 7) is 10.3. The molecule has 0 bridgehead atoms. The van der Waals surface area contributed by atoms with Crippen molar-refractivity contribution in [3.8, 4) is 0 Å². The van der Waals surface area contributed by atoms with Crippen molar-refractivity contribution >= 4 is 0 Å². The van der Waals surface area contributed by atoms with E-state index in [1.54, 1.807) is 0 Å². The van der Waals surface area contributed by atoms with Crippen LogP contribution < -0.4 is 5.73 Å². The Bertz CT molecular complexity index is 124. The first-order chi connectivity index (χ1) is 5.03. The van der Waals surface area contributed by atoms with E-state index in [4.69, 9.17) is 5.73 Å². The van der Waals surface area contributed by atoms with Gasteiger partial charge in [-0.15, -0.1) is 0 Å². The molecule has 0 saturated carbocycles. The van der Waals surface area contributed by atoms with Crippen LogP contribution in [0, 0.1) is 5.41 Å². The van der Waals surface area contributed by atoms with Crippen molar-refractivity contribution in [2.24, 2.45) is 11.1 Å². The van der Waals surface area contributed by atoms with Gasteiger partial charge in [0.15, 0.2) is 0 Å². The van der Waals surface area contributed by atoms with Gasteiger partial charge in [-0.1, -0.05) is 20.8 Å². The highest BCUT2D eigenvalue weighted by Gasteiger charge is 2.33. The van der Waals surface area contributed by atoms with Crippen LogP contribution in [0.2, 0.25) is 0 Å². The third-order valence-corrected chi connectivity index (χ3v) is 2.32. The fraction of sp³-hybridized carbons (Fsp3) is 1.00. The molecule has 1 unspecified atom stereocenters. The van der Waals surface area contributed by atoms with Gasteiger partial charge in [-0.2, -0.15) is 0 Å². The first-order valence-corrected chi connectivity index (χ1v) is 4.51. The molecule has 0 aromatic heterocycles. The molecule has 0 aliphatic carbocycles. The van der Waals surface area contributed by atoms with E-state index in [2.05, 4.69) is 25.7 Å². The van der Waals surface area contributed by atoms with Crippen LogP contribution in [0.3, 0.4) is 0 Å². The van der Waals surface area contributed by atoms with Crippen LogP contribution >= 0.6 is 0 Å². The van der Waals surface area contributed by atoms with Gasteiger partial charge in [0, 0.05) is 25.7 Å². The summed E-state index contributed by atoms with van der Waals surface area (Å²) in [6.07, 6.45) is 1.09. The van der Waals surface area contributed by atoms with Crippen LogP contribution in [-0.2, 0) is 0 Å². The van der Waals surface area contributed by atoms with Gasteiger partial charge in [-0.25, -0.2) is 0 Å². The van der Waals surface area contributed by atoms with E-state index in [-0.39, 0.29) is 0 Å². The molecule has 2 N–H and O–H groups in total. The number of hydrogen-bond donors (Lipinski definition) is 1. The lowest BCUT2D eigenvalue weighted by atomic mass is 9.84. The summed E-state index contributed by atoms with van der Waals surface area (Å²) in [7, 11) is 0. The summed E-state index contributed by atoms with van der Waals surface area (Å²) < 4.78 is 0. The monoisotopic (exact) mass is 156 g/mol. The molecule has 2 nitrogen and oxygen atoms in total. The second-order valence-electron chi connectivity index (χ2n) is 4.50. The lowest BCUT2D eigenvalue weighted by Gasteiger charge is -2.46. The Morgan fingerprint density at radius 2 is 2.00 bits per heavy atom. The smallest absolute Gasteiger partial charge is 0.0165 e. The third-order valence-electron chi connectivity index (χ3n) is 2.32. The molecule has 1 fully saturated rings. The normalized spacial score (nSPS) is 26.2. The third kappa shape index (κ3) is 2.46. The molecule has 66 valence electrons. The molecule has 0 aromatic carbocycles. The zero-order valence-corrected chi connectivity index (χ0v) is 7.93. The van der Waals surface area contributed by atoms with E-state index < -0.39 is 0 Å². The van der Waals surface area contributed by atoms with Gasteiger partial charge >= 0.3 is 0 Å². The van der Waals surface area contributed by atoms with E-state index in [9.17, 15) is 0 Å². The maximum Gasteiger partial charge on any atom is 0.0165 e. The summed E-state index contributed by atoms with van der Waals surface area (Å²) in [6, 6.07) is 0.381. The maximum atomic E-state index is 5.83. The lowest BCUT2D eigenvalue weighted by molar-refractivity contribution is 0.0263. The number of rotatable bonds is 3. The molecule has 0 amide bonds. The highest BCUT2D eigenvalue weighted by Crippen LogP contribution is 2.28. The summed E-state index contributed by atoms with van der Waals surface area (Å²) >= 11 is 0. The van der Waals surface area contributed by atoms with Gasteiger partial charge in [0.1, 0.15) is 0 Å². The number of nitrogens with zero attached hydrogens (tertiary/aromatic N) is 1. The second kappa shape index (κ2) is 3.11. The Morgan fingerprint density at radius 1 is 1.45 bits per heavy atom. The van der Waals surface area contributed by atoms with Gasteiger partial charge in [0.05, 0.1) is 0 Å². The molecular weight excluding hydrogens is 136 g/mol. The molecular formula is C9H20N2. The van der Waals surface area contributed by atoms with Crippen molar-refractivity contribution in [1.29, 1.82) is 0 Å². The first kappa shape index (κ1) is 9.01. The van der Waals surface area contributed by atoms with Crippen LogP contribution in [0.15, 0.2) is 0 Å². The number of likely N-dealkylation sites (tertiary alicyclic amines) is 1. The van der Waals surface area contributed by atoms with Gasteiger partial charge in [0.25, 0.3) is 0 Å². The Morgan fingerprint density at radius 3 is 2.36 bits per heavy atom. The Labute approximate surface area is 69.8 Å². The van der Waals surface area contributed by atoms with Gasteiger partial charge in [-0.3, -0.25) is 0 Å². The van der Waals surface area contributed by atoms with E-state index in [1.807, 2.05) is 0 Å². The fourth-order valence-corrected chi connectivity index (χ4v) is 1.75. The largest absolute Gasteiger partial charge is 0.327 e. The zero-order chi connectivity index (χ0) is 8.48. The van der Waals surface area contributed by atoms with Crippen molar-refractivity contribution in [3.63, 3.8) is 0 Å². The predicted octanol–water partition coefficient (Wildman–Crippen LogP) is 1.07. The lowest BCUT2D eigenvalue weighted by Crippen LogP contribution is -2.55. The quantitative estimate of drug-likeness (QED) is 0.662. The molecule has 0 aromatic rings. The standard InChI is InChI=1S/C9H20N2/c1-4-8(10)5-11-6-9(2,3)7-11/h8H,4-7,10H2,1-3H3. The molecule has 1 rings (SSSR count). The van der Waals surface area contributed by atoms with E-state index >= 15 is 0 Å². The summed E-state index contributed by atoms with van der Waals surface area (Å²) in [5.74, 6) is 0. The SMILES string of the molecule is CCC(N)CN1CC(C)(C)C1. The van der Waals surface area contributed by atoms with Crippen molar-refractivity contribution in [3.05, 3.63) is 0 Å². The predicted molar refractivity (Wildman–Crippen MR) is 48.5 cm³/mol. The molecule has 1 saturated heterocycles. The molecule has 0 radical (unpaired) electrons. The summed E-state index contributed by atoms with van der Waals surface area (Å²) in [4.78, 5) is 2.44. The van der Waals surface area contributed by atoms with Crippen LogP contribution in [0.5, 0.6) is 0 Å². The first-order valence-electron chi connectivity index (χ1n) is 4.51. The average Bonchev–Trinajstić information content (AvgIpc) is 1.83. The van der Waals surface area contributed by atoms with Crippen LogP contribution in [0.25, 0.3) is 0 Å². The molecule has 1 aliphatic rings. The minimum atomic E-state index is 0.381. The second-order valence-corrected chi connectivity index (χ2v) is 4.50. The molecule has 2 heteroatoms. The molecule has 1 heterocycles. The summed E-state index contributed by atoms with van der Waals surface area (Å²) in [5, 5.41) is 0. The fourth-order valence-electron chi connectivity index (χ4n) is 1.75. The molecule has 0 spiro atoms. The minimum absolute atomic E-state index is 0.381. The Hall–Kier alpha value is -0.0800. The molecule has 11 heavy (non-hydrogen) atoms. The van der Waals surface area contributed by atoms with Gasteiger partial charge in [-0.05, 0) is 11.8 Å². The number of hydrogen-bond acceptors (Lipinski definition) is 2. The highest BCUT2D eigenvalue weighted by molar-refractivity contribution is 4.88. The van der Waals surface area contributed by atoms with Crippen molar-refractivity contribution < 1.29 is 0 Å². The zero-order valence-electron chi connectivity index (χ0n) is 7.93. The van der Waals surface area contributed by atoms with Gasteiger partial charge in [0.2, 0.25) is 0 Å². The van der Waals surface area contributed by atoms with E-state index in [1.165, 1.54) is 13.1 Å². The van der Waals surface area contributed by atoms with E-state index in [0.717, 1.165) is 13.0 Å². The van der Waals surface area contributed by atoms with Gasteiger partial charge < -0.3 is 10.6 Å². The maximum absolute atomic E-state index is 5.83. The summed E-state index contributed by atoms with van der Waals surface area (Å²) in [5.41, 5.74) is 6.38. The molecule has 1 atom stereocenters. The highest BCUT2D eigenvalue weighted by atomic mass is 15.2. The topological polar surface area (TPSA) is 29.3 Å². The van der Waals surface area contributed by atoms with Crippen LogP contribution in [-0.4, -0.2) is 30.6 Å². The Balaban J connectivity index is 2.13. The Kier molecular flexibility index (Phi) is 2.55. The van der Waals surface area contributed by atoms with Crippen LogP contribution in [0.4, 0.5) is 0 Å².